The Morgan fingerprint density at radius 3 is 2.85 bits per heavy atom. The molecule has 0 radical (unpaired) electrons. The van der Waals surface area contributed by atoms with E-state index in [0.29, 0.717) is 30.1 Å². The summed E-state index contributed by atoms with van der Waals surface area (Å²) in [6.45, 7) is 7.41. The van der Waals surface area contributed by atoms with Crippen LogP contribution in [0.1, 0.15) is 36.7 Å². The highest BCUT2D eigenvalue weighted by Crippen LogP contribution is 2.28. The van der Waals surface area contributed by atoms with Gasteiger partial charge in [0.15, 0.2) is 5.82 Å². The number of nitrogens with two attached hydrogens (primary N) is 1. The third-order valence-corrected chi connectivity index (χ3v) is 4.79. The monoisotopic (exact) mass is 393 g/mol. The number of nitrogen functional groups attached to an aromatic ring is 1. The first kappa shape index (κ1) is 21.0. The van der Waals surface area contributed by atoms with Crippen molar-refractivity contribution in [3.05, 3.63) is 35.2 Å². The number of hydrogen-bond acceptors (Lipinski definition) is 7. The van der Waals surface area contributed by atoms with E-state index in [9.17, 15) is 4.79 Å². The fraction of sp³-hybridized carbons (Fsp3) is 0.500. The van der Waals surface area contributed by atoms with E-state index in [1.165, 1.54) is 16.4 Å². The number of rotatable bonds is 10. The molecule has 9 heteroatoms. The number of carbonyl (C=O) groups is 1. The molecule has 0 saturated carbocycles. The lowest BCUT2D eigenvalue weighted by atomic mass is 10.0. The van der Waals surface area contributed by atoms with Crippen molar-refractivity contribution in [3.63, 3.8) is 0 Å². The third kappa shape index (κ3) is 6.14. The van der Waals surface area contributed by atoms with Gasteiger partial charge in [0.1, 0.15) is 12.4 Å². The predicted molar refractivity (Wildman–Crippen MR) is 105 cm³/mol. The maximum absolute atomic E-state index is 11.7. The Bertz CT molecular complexity index is 763. The lowest BCUT2D eigenvalue weighted by Crippen LogP contribution is -2.28. The Hall–Kier alpha value is -2.26. The summed E-state index contributed by atoms with van der Waals surface area (Å²) < 4.78 is 12.2. The molecule has 0 atom stereocenters. The maximum atomic E-state index is 11.7. The van der Waals surface area contributed by atoms with Crippen LogP contribution in [0.25, 0.3) is 0 Å². The van der Waals surface area contributed by atoms with Crippen molar-refractivity contribution in [2.24, 2.45) is 0 Å². The normalized spacial score (nSPS) is 11.0. The summed E-state index contributed by atoms with van der Waals surface area (Å²) in [6.07, 6.45) is 0. The molecule has 0 aliphatic carbocycles. The summed E-state index contributed by atoms with van der Waals surface area (Å²) in [5, 5.41) is 11.3. The lowest BCUT2D eigenvalue weighted by molar-refractivity contribution is -0.118. The second-order valence-electron chi connectivity index (χ2n) is 6.38. The van der Waals surface area contributed by atoms with E-state index in [0.717, 1.165) is 16.9 Å². The SMILES string of the molecule is COCCNC(=O)CSc1nnc(COc2cc(C)ccc2C(C)C)n1N. The van der Waals surface area contributed by atoms with Crippen LogP contribution in [0.15, 0.2) is 23.4 Å². The maximum Gasteiger partial charge on any atom is 0.230 e. The van der Waals surface area contributed by atoms with Crippen LogP contribution in [0.2, 0.25) is 0 Å². The van der Waals surface area contributed by atoms with Gasteiger partial charge in [-0.2, -0.15) is 0 Å². The Labute approximate surface area is 163 Å². The van der Waals surface area contributed by atoms with Gasteiger partial charge in [-0.25, -0.2) is 4.68 Å². The first-order valence-electron chi connectivity index (χ1n) is 8.73. The van der Waals surface area contributed by atoms with E-state index in [-0.39, 0.29) is 18.3 Å². The van der Waals surface area contributed by atoms with Gasteiger partial charge in [0.2, 0.25) is 11.1 Å². The minimum absolute atomic E-state index is 0.112. The highest BCUT2D eigenvalue weighted by Gasteiger charge is 2.14. The molecule has 0 spiro atoms. The predicted octanol–water partition coefficient (Wildman–Crippen LogP) is 1.86. The minimum atomic E-state index is -0.112. The van der Waals surface area contributed by atoms with Crippen molar-refractivity contribution in [2.45, 2.75) is 38.5 Å². The molecule has 1 aromatic carbocycles. The van der Waals surface area contributed by atoms with Crippen molar-refractivity contribution < 1.29 is 14.3 Å². The fourth-order valence-corrected chi connectivity index (χ4v) is 3.07. The zero-order valence-corrected chi connectivity index (χ0v) is 17.0. The van der Waals surface area contributed by atoms with Gasteiger partial charge in [0.05, 0.1) is 12.4 Å². The number of nitrogens with zero attached hydrogens (tertiary/aromatic N) is 3. The first-order valence-corrected chi connectivity index (χ1v) is 9.72. The molecule has 148 valence electrons. The number of carbonyl (C=O) groups excluding carboxylic acids is 1. The molecule has 0 fully saturated rings. The summed E-state index contributed by atoms with van der Waals surface area (Å²) >= 11 is 1.22. The van der Waals surface area contributed by atoms with Crippen LogP contribution < -0.4 is 15.9 Å². The molecule has 2 rings (SSSR count). The number of aromatic nitrogens is 3. The zero-order chi connectivity index (χ0) is 19.8. The molecule has 0 bridgehead atoms. The average molecular weight is 394 g/mol. The van der Waals surface area contributed by atoms with Crippen LogP contribution in [0, 0.1) is 6.92 Å². The molecule has 3 N–H and O–H groups in total. The molecular formula is C18H27N5O3S. The molecule has 2 aromatic rings. The van der Waals surface area contributed by atoms with Crippen LogP contribution in [0.3, 0.4) is 0 Å². The zero-order valence-electron chi connectivity index (χ0n) is 16.2. The highest BCUT2D eigenvalue weighted by atomic mass is 32.2. The molecule has 0 unspecified atom stereocenters. The second-order valence-corrected chi connectivity index (χ2v) is 7.33. The molecule has 0 aliphatic heterocycles. The van der Waals surface area contributed by atoms with Crippen molar-refractivity contribution >= 4 is 17.7 Å². The van der Waals surface area contributed by atoms with Gasteiger partial charge in [0.25, 0.3) is 0 Å². The molecule has 8 nitrogen and oxygen atoms in total. The smallest absolute Gasteiger partial charge is 0.230 e. The van der Waals surface area contributed by atoms with Gasteiger partial charge < -0.3 is 20.6 Å². The molecule has 1 heterocycles. The van der Waals surface area contributed by atoms with Crippen molar-refractivity contribution in [1.29, 1.82) is 0 Å². The van der Waals surface area contributed by atoms with E-state index in [1.54, 1.807) is 7.11 Å². The number of nitrogens with one attached hydrogen (secondary N) is 1. The first-order chi connectivity index (χ1) is 12.9. The van der Waals surface area contributed by atoms with Crippen molar-refractivity contribution in [3.8, 4) is 5.75 Å². The summed E-state index contributed by atoms with van der Waals surface area (Å²) in [4.78, 5) is 11.7. The second kappa shape index (κ2) is 10.2. The van der Waals surface area contributed by atoms with Gasteiger partial charge in [0, 0.05) is 13.7 Å². The van der Waals surface area contributed by atoms with Crippen LogP contribution in [0.5, 0.6) is 5.75 Å². The Morgan fingerprint density at radius 2 is 2.15 bits per heavy atom. The number of thioether (sulfide) groups is 1. The molecule has 0 saturated heterocycles. The molecular weight excluding hydrogens is 366 g/mol. The van der Waals surface area contributed by atoms with E-state index >= 15 is 0 Å². The van der Waals surface area contributed by atoms with E-state index < -0.39 is 0 Å². The number of benzene rings is 1. The topological polar surface area (TPSA) is 104 Å². The van der Waals surface area contributed by atoms with Gasteiger partial charge in [-0.3, -0.25) is 4.79 Å². The third-order valence-electron chi connectivity index (χ3n) is 3.84. The average Bonchev–Trinajstić information content (AvgIpc) is 2.98. The van der Waals surface area contributed by atoms with Crippen molar-refractivity contribution in [2.75, 3.05) is 31.9 Å². The number of hydrogen-bond donors (Lipinski definition) is 2. The van der Waals surface area contributed by atoms with E-state index in [2.05, 4.69) is 41.5 Å². The minimum Gasteiger partial charge on any atom is -0.485 e. The Morgan fingerprint density at radius 1 is 1.37 bits per heavy atom. The summed E-state index contributed by atoms with van der Waals surface area (Å²) in [5.41, 5.74) is 2.25. The van der Waals surface area contributed by atoms with Gasteiger partial charge in [-0.15, -0.1) is 10.2 Å². The highest BCUT2D eigenvalue weighted by molar-refractivity contribution is 7.99. The molecule has 0 aliphatic rings. The number of aryl methyl sites for hydroxylation is 1. The number of ether oxygens (including phenoxy) is 2. The van der Waals surface area contributed by atoms with E-state index in [1.807, 2.05) is 13.0 Å². The quantitative estimate of drug-likeness (QED) is 0.361. The number of amides is 1. The van der Waals surface area contributed by atoms with Crippen LogP contribution in [-0.2, 0) is 16.1 Å². The summed E-state index contributed by atoms with van der Waals surface area (Å²) in [5.74, 6) is 7.79. The largest absolute Gasteiger partial charge is 0.485 e. The van der Waals surface area contributed by atoms with Crippen molar-refractivity contribution in [1.82, 2.24) is 20.2 Å². The molecule has 1 amide bonds. The van der Waals surface area contributed by atoms with E-state index in [4.69, 9.17) is 15.3 Å². The van der Waals surface area contributed by atoms with Crippen LogP contribution in [0.4, 0.5) is 0 Å². The Kier molecular flexibility index (Phi) is 7.93. The summed E-state index contributed by atoms with van der Waals surface area (Å²) in [6, 6.07) is 6.15. The Balaban J connectivity index is 1.94. The van der Waals surface area contributed by atoms with Crippen LogP contribution in [-0.4, -0.2) is 46.8 Å². The van der Waals surface area contributed by atoms with Gasteiger partial charge in [-0.05, 0) is 30.0 Å². The summed E-state index contributed by atoms with van der Waals surface area (Å²) in [7, 11) is 1.59. The van der Waals surface area contributed by atoms with Gasteiger partial charge in [-0.1, -0.05) is 37.7 Å². The standard InChI is InChI=1S/C18H27N5O3S/c1-12(2)14-6-5-13(3)9-15(14)26-10-16-21-22-18(23(16)19)27-11-17(24)20-7-8-25-4/h5-6,9,12H,7-8,10-11,19H2,1-4H3,(H,20,24). The fourth-order valence-electron chi connectivity index (χ4n) is 2.36. The van der Waals surface area contributed by atoms with Gasteiger partial charge >= 0.3 is 0 Å². The lowest BCUT2D eigenvalue weighted by Gasteiger charge is -2.14. The van der Waals surface area contributed by atoms with Crippen LogP contribution >= 0.6 is 11.8 Å². The molecule has 1 aromatic heterocycles. The molecule has 27 heavy (non-hydrogen) atoms. The number of methoxy groups -OCH3 is 1.